The van der Waals surface area contributed by atoms with Crippen LogP contribution in [0.25, 0.3) is 0 Å². The van der Waals surface area contributed by atoms with E-state index in [1.54, 1.807) is 6.92 Å². The van der Waals surface area contributed by atoms with Crippen molar-refractivity contribution in [3.63, 3.8) is 0 Å². The monoisotopic (exact) mass is 215 g/mol. The molecule has 0 aromatic carbocycles. The highest BCUT2D eigenvalue weighted by molar-refractivity contribution is 5.99. The van der Waals surface area contributed by atoms with Crippen molar-refractivity contribution in [2.24, 2.45) is 5.41 Å². The van der Waals surface area contributed by atoms with Crippen LogP contribution in [0.5, 0.6) is 0 Å². The highest BCUT2D eigenvalue weighted by Crippen LogP contribution is 2.32. The van der Waals surface area contributed by atoms with E-state index in [2.05, 4.69) is 0 Å². The molecule has 0 aromatic heterocycles. The Labute approximate surface area is 89.0 Å². The molecular weight excluding hydrogens is 198 g/mol. The summed E-state index contributed by atoms with van der Waals surface area (Å²) in [5, 5.41) is 9.15. The molecule has 0 spiro atoms. The third-order valence-corrected chi connectivity index (χ3v) is 2.92. The first kappa shape index (κ1) is 12.0. The highest BCUT2D eigenvalue weighted by atomic mass is 16.5. The molecule has 0 saturated carbocycles. The molecule has 5 nitrogen and oxygen atoms in total. The molecule has 1 aliphatic heterocycles. The lowest BCUT2D eigenvalue weighted by atomic mass is 9.78. The zero-order valence-corrected chi connectivity index (χ0v) is 9.15. The van der Waals surface area contributed by atoms with Crippen molar-refractivity contribution in [2.45, 2.75) is 19.8 Å². The number of carboxylic acid groups (broad SMARTS) is 1. The molecule has 1 rings (SSSR count). The van der Waals surface area contributed by atoms with Gasteiger partial charge >= 0.3 is 11.9 Å². The van der Waals surface area contributed by atoms with Crippen molar-refractivity contribution in [1.82, 2.24) is 4.90 Å². The number of esters is 1. The second-order valence-corrected chi connectivity index (χ2v) is 3.91. The summed E-state index contributed by atoms with van der Waals surface area (Å²) in [6, 6.07) is 0. The molecule has 1 N–H and O–H groups in total. The second kappa shape index (κ2) is 4.61. The summed E-state index contributed by atoms with van der Waals surface area (Å²) in [5.41, 5.74) is -1.32. The van der Waals surface area contributed by atoms with Gasteiger partial charge < -0.3 is 14.7 Å². The molecule has 1 saturated heterocycles. The van der Waals surface area contributed by atoms with Crippen LogP contribution in [0.1, 0.15) is 19.8 Å². The van der Waals surface area contributed by atoms with E-state index in [1.807, 2.05) is 11.9 Å². The number of hydrogen-bond donors (Lipinski definition) is 1. The van der Waals surface area contributed by atoms with Gasteiger partial charge in [-0.2, -0.15) is 0 Å². The Morgan fingerprint density at radius 3 is 2.33 bits per heavy atom. The molecule has 0 aromatic rings. The Bertz CT molecular complexity index is 256. The molecule has 1 fully saturated rings. The number of hydrogen-bond acceptors (Lipinski definition) is 4. The van der Waals surface area contributed by atoms with Crippen LogP contribution in [0.15, 0.2) is 0 Å². The van der Waals surface area contributed by atoms with E-state index in [0.29, 0.717) is 25.9 Å². The van der Waals surface area contributed by atoms with E-state index in [-0.39, 0.29) is 6.61 Å². The summed E-state index contributed by atoms with van der Waals surface area (Å²) in [6.45, 7) is 3.14. The predicted octanol–water partition coefficient (Wildman–Crippen LogP) is 0.346. The minimum Gasteiger partial charge on any atom is -0.480 e. The first-order chi connectivity index (χ1) is 7.03. The molecule has 0 unspecified atom stereocenters. The molecular formula is C10H17NO4. The lowest BCUT2D eigenvalue weighted by molar-refractivity contribution is -0.172. The van der Waals surface area contributed by atoms with Crippen LogP contribution in [0.3, 0.4) is 0 Å². The molecule has 0 atom stereocenters. The minimum atomic E-state index is -1.32. The Morgan fingerprint density at radius 2 is 1.93 bits per heavy atom. The first-order valence-corrected chi connectivity index (χ1v) is 5.12. The van der Waals surface area contributed by atoms with Gasteiger partial charge in [-0.15, -0.1) is 0 Å². The Hall–Kier alpha value is -1.10. The Morgan fingerprint density at radius 1 is 1.40 bits per heavy atom. The van der Waals surface area contributed by atoms with Crippen LogP contribution in [-0.4, -0.2) is 48.7 Å². The van der Waals surface area contributed by atoms with Crippen LogP contribution >= 0.6 is 0 Å². The number of piperidine rings is 1. The molecule has 0 bridgehead atoms. The first-order valence-electron chi connectivity index (χ1n) is 5.12. The molecule has 86 valence electrons. The molecule has 1 heterocycles. The maximum atomic E-state index is 11.6. The summed E-state index contributed by atoms with van der Waals surface area (Å²) in [6.07, 6.45) is 0.662. The number of nitrogens with zero attached hydrogens (tertiary/aromatic N) is 1. The number of aliphatic carboxylic acids is 1. The summed E-state index contributed by atoms with van der Waals surface area (Å²) in [5.74, 6) is -1.65. The number of carbonyl (C=O) groups is 2. The van der Waals surface area contributed by atoms with Crippen LogP contribution in [0.4, 0.5) is 0 Å². The second-order valence-electron chi connectivity index (χ2n) is 3.91. The van der Waals surface area contributed by atoms with Gasteiger partial charge in [-0.3, -0.25) is 9.59 Å². The summed E-state index contributed by atoms with van der Waals surface area (Å²) in [7, 11) is 1.91. The summed E-state index contributed by atoms with van der Waals surface area (Å²) >= 11 is 0. The van der Waals surface area contributed by atoms with Gasteiger partial charge in [0.2, 0.25) is 0 Å². The van der Waals surface area contributed by atoms with Gasteiger partial charge in [-0.1, -0.05) is 0 Å². The van der Waals surface area contributed by atoms with Crippen LogP contribution in [0, 0.1) is 5.41 Å². The average Bonchev–Trinajstić information content (AvgIpc) is 2.19. The van der Waals surface area contributed by atoms with Crippen LogP contribution in [-0.2, 0) is 14.3 Å². The summed E-state index contributed by atoms with van der Waals surface area (Å²) in [4.78, 5) is 24.8. The van der Waals surface area contributed by atoms with Gasteiger partial charge in [0.05, 0.1) is 6.61 Å². The predicted molar refractivity (Wildman–Crippen MR) is 53.4 cm³/mol. The van der Waals surface area contributed by atoms with Crippen molar-refractivity contribution in [1.29, 1.82) is 0 Å². The lowest BCUT2D eigenvalue weighted by Crippen LogP contribution is -2.48. The molecule has 0 radical (unpaired) electrons. The average molecular weight is 215 g/mol. The lowest BCUT2D eigenvalue weighted by Gasteiger charge is -2.35. The van der Waals surface area contributed by atoms with Crippen molar-refractivity contribution in [3.8, 4) is 0 Å². The van der Waals surface area contributed by atoms with Gasteiger partial charge in [-0.25, -0.2) is 0 Å². The minimum absolute atomic E-state index is 0.226. The fraction of sp³-hybridized carbons (Fsp3) is 0.800. The van der Waals surface area contributed by atoms with Gasteiger partial charge in [0.15, 0.2) is 5.41 Å². The Kier molecular flexibility index (Phi) is 3.68. The van der Waals surface area contributed by atoms with Crippen molar-refractivity contribution >= 4 is 11.9 Å². The van der Waals surface area contributed by atoms with Crippen LogP contribution < -0.4 is 0 Å². The number of likely N-dealkylation sites (tertiary alicyclic amines) is 1. The maximum absolute atomic E-state index is 11.6. The van der Waals surface area contributed by atoms with Crippen molar-refractivity contribution < 1.29 is 19.4 Å². The van der Waals surface area contributed by atoms with E-state index < -0.39 is 17.4 Å². The van der Waals surface area contributed by atoms with E-state index >= 15 is 0 Å². The molecule has 0 aliphatic carbocycles. The number of carbonyl (C=O) groups excluding carboxylic acids is 1. The van der Waals surface area contributed by atoms with Crippen molar-refractivity contribution in [2.75, 3.05) is 26.7 Å². The quantitative estimate of drug-likeness (QED) is 0.543. The smallest absolute Gasteiger partial charge is 0.323 e. The molecule has 15 heavy (non-hydrogen) atoms. The van der Waals surface area contributed by atoms with Crippen LogP contribution in [0.2, 0.25) is 0 Å². The number of rotatable bonds is 3. The SMILES string of the molecule is CCOC(=O)C1(C(=O)O)CCN(C)CC1. The molecule has 5 heteroatoms. The van der Waals surface area contributed by atoms with Gasteiger partial charge in [0.1, 0.15) is 0 Å². The van der Waals surface area contributed by atoms with E-state index in [1.165, 1.54) is 0 Å². The maximum Gasteiger partial charge on any atom is 0.323 e. The zero-order valence-electron chi connectivity index (χ0n) is 9.15. The van der Waals surface area contributed by atoms with E-state index in [0.717, 1.165) is 0 Å². The Balaban J connectivity index is 2.80. The largest absolute Gasteiger partial charge is 0.480 e. The van der Waals surface area contributed by atoms with E-state index in [9.17, 15) is 9.59 Å². The normalized spacial score (nSPS) is 20.9. The standard InChI is InChI=1S/C10H17NO4/c1-3-15-9(14)10(8(12)13)4-6-11(2)7-5-10/h3-7H2,1-2H3,(H,12,13). The fourth-order valence-corrected chi connectivity index (χ4v) is 1.77. The van der Waals surface area contributed by atoms with Gasteiger partial charge in [0.25, 0.3) is 0 Å². The zero-order chi connectivity index (χ0) is 11.5. The summed E-state index contributed by atoms with van der Waals surface area (Å²) < 4.78 is 4.84. The number of carboxylic acids is 1. The molecule has 0 amide bonds. The third-order valence-electron chi connectivity index (χ3n) is 2.92. The van der Waals surface area contributed by atoms with Crippen molar-refractivity contribution in [3.05, 3.63) is 0 Å². The third kappa shape index (κ3) is 2.28. The van der Waals surface area contributed by atoms with Gasteiger partial charge in [-0.05, 0) is 39.9 Å². The van der Waals surface area contributed by atoms with Gasteiger partial charge in [0, 0.05) is 0 Å². The van der Waals surface area contributed by atoms with E-state index in [4.69, 9.17) is 9.84 Å². The molecule has 1 aliphatic rings. The fourth-order valence-electron chi connectivity index (χ4n) is 1.77. The topological polar surface area (TPSA) is 66.8 Å². The highest BCUT2D eigenvalue weighted by Gasteiger charge is 2.49. The number of ether oxygens (including phenoxy) is 1.